The predicted molar refractivity (Wildman–Crippen MR) is 104 cm³/mol. The van der Waals surface area contributed by atoms with Crippen molar-refractivity contribution in [1.29, 1.82) is 0 Å². The highest BCUT2D eigenvalue weighted by Gasteiger charge is 2.27. The van der Waals surface area contributed by atoms with Crippen LogP contribution in [0.15, 0.2) is 48.7 Å². The maximum absolute atomic E-state index is 14.6. The average Bonchev–Trinajstić information content (AvgIpc) is 3.36. The Morgan fingerprint density at radius 1 is 1.19 bits per heavy atom. The Morgan fingerprint density at radius 3 is 2.70 bits per heavy atom. The van der Waals surface area contributed by atoms with Crippen molar-refractivity contribution < 1.29 is 13.9 Å². The van der Waals surface area contributed by atoms with Crippen LogP contribution in [0.1, 0.15) is 36.3 Å². The summed E-state index contributed by atoms with van der Waals surface area (Å²) in [6.45, 7) is 1.59. The Hall–Kier alpha value is -2.82. The van der Waals surface area contributed by atoms with Gasteiger partial charge in [-0.3, -0.25) is 4.79 Å². The lowest BCUT2D eigenvalue weighted by atomic mass is 9.87. The highest BCUT2D eigenvalue weighted by molar-refractivity contribution is 5.87. The molecule has 1 saturated heterocycles. The zero-order valence-electron chi connectivity index (χ0n) is 15.4. The number of likely N-dealkylation sites (tertiary alicyclic amines) is 1. The number of hydrogen-bond acceptors (Lipinski definition) is 2. The van der Waals surface area contributed by atoms with Crippen LogP contribution in [0.2, 0.25) is 0 Å². The number of aromatic nitrogens is 1. The average molecular weight is 366 g/mol. The number of methoxy groups -OCH3 is 1. The summed E-state index contributed by atoms with van der Waals surface area (Å²) < 4.78 is 20.0. The smallest absolute Gasteiger partial charge is 0.223 e. The van der Waals surface area contributed by atoms with Gasteiger partial charge in [-0.1, -0.05) is 18.2 Å². The molecule has 1 fully saturated rings. The monoisotopic (exact) mass is 366 g/mol. The van der Waals surface area contributed by atoms with Crippen LogP contribution in [0.25, 0.3) is 10.9 Å². The number of halogens is 1. The minimum Gasteiger partial charge on any atom is -0.497 e. The fourth-order valence-electron chi connectivity index (χ4n) is 3.95. The van der Waals surface area contributed by atoms with Crippen LogP contribution in [0.4, 0.5) is 4.39 Å². The molecule has 1 atom stereocenters. The molecule has 1 N–H and O–H groups in total. The first-order valence-electron chi connectivity index (χ1n) is 9.34. The molecule has 1 amide bonds. The lowest BCUT2D eigenvalue weighted by Gasteiger charge is -2.22. The molecular formula is C22H23FN2O2. The molecule has 0 unspecified atom stereocenters. The van der Waals surface area contributed by atoms with Crippen molar-refractivity contribution in [3.63, 3.8) is 0 Å². The van der Waals surface area contributed by atoms with Gasteiger partial charge in [-0.15, -0.1) is 0 Å². The van der Waals surface area contributed by atoms with E-state index in [1.165, 1.54) is 6.07 Å². The second kappa shape index (κ2) is 7.43. The molecular weight excluding hydrogens is 343 g/mol. The van der Waals surface area contributed by atoms with Gasteiger partial charge >= 0.3 is 0 Å². The van der Waals surface area contributed by atoms with E-state index < -0.39 is 0 Å². The Kier molecular flexibility index (Phi) is 4.84. The number of fused-ring (bicyclic) bond motifs is 1. The molecule has 0 bridgehead atoms. The third-order valence-corrected chi connectivity index (χ3v) is 5.41. The van der Waals surface area contributed by atoms with E-state index in [9.17, 15) is 9.18 Å². The minimum atomic E-state index is -0.347. The number of carbonyl (C=O) groups is 1. The van der Waals surface area contributed by atoms with Crippen LogP contribution in [-0.4, -0.2) is 36.0 Å². The first kappa shape index (κ1) is 17.6. The van der Waals surface area contributed by atoms with Crippen molar-refractivity contribution in [3.8, 4) is 5.75 Å². The van der Waals surface area contributed by atoms with E-state index in [0.717, 1.165) is 48.1 Å². The quantitative estimate of drug-likeness (QED) is 0.725. The first-order chi connectivity index (χ1) is 13.2. The van der Waals surface area contributed by atoms with Crippen LogP contribution in [0, 0.1) is 5.82 Å². The Bertz CT molecular complexity index is 960. The van der Waals surface area contributed by atoms with Crippen molar-refractivity contribution in [2.24, 2.45) is 0 Å². The molecule has 4 nitrogen and oxygen atoms in total. The fraction of sp³-hybridized carbons (Fsp3) is 0.318. The molecule has 2 heterocycles. The molecule has 0 spiro atoms. The van der Waals surface area contributed by atoms with Gasteiger partial charge in [-0.2, -0.15) is 0 Å². The number of nitrogens with zero attached hydrogens (tertiary/aromatic N) is 1. The second-order valence-corrected chi connectivity index (χ2v) is 7.02. The van der Waals surface area contributed by atoms with E-state index >= 15 is 0 Å². The highest BCUT2D eigenvalue weighted by atomic mass is 19.1. The number of aromatic amines is 1. The summed E-state index contributed by atoms with van der Waals surface area (Å²) in [5.74, 6) is 0.189. The minimum absolute atomic E-state index is 0.0815. The standard InChI is InChI=1S/C22H23FN2O2/c1-27-15-8-9-21-18(12-15)19(14-24-21)17(16-6-2-3-7-20(16)23)13-22(26)25-10-4-5-11-25/h2-3,6-9,12,14,17,24H,4-5,10-11,13H2,1H3/t17-/m0/s1. The topological polar surface area (TPSA) is 45.3 Å². The summed E-state index contributed by atoms with van der Waals surface area (Å²) in [6.07, 6.45) is 4.23. The maximum atomic E-state index is 14.6. The summed E-state index contributed by atoms with van der Waals surface area (Å²) in [4.78, 5) is 18.0. The van der Waals surface area contributed by atoms with Gasteiger partial charge in [-0.05, 0) is 48.2 Å². The maximum Gasteiger partial charge on any atom is 0.223 e. The largest absolute Gasteiger partial charge is 0.497 e. The zero-order chi connectivity index (χ0) is 18.8. The molecule has 0 saturated carbocycles. The second-order valence-electron chi connectivity index (χ2n) is 7.02. The molecule has 1 aliphatic rings. The van der Waals surface area contributed by atoms with Crippen molar-refractivity contribution >= 4 is 16.8 Å². The molecule has 0 radical (unpaired) electrons. The number of carbonyl (C=O) groups excluding carboxylic acids is 1. The van der Waals surface area contributed by atoms with Crippen LogP contribution in [0.5, 0.6) is 5.75 Å². The molecule has 0 aliphatic carbocycles. The number of rotatable bonds is 5. The van der Waals surface area contributed by atoms with Crippen LogP contribution < -0.4 is 4.74 Å². The SMILES string of the molecule is COc1ccc2[nH]cc([C@@H](CC(=O)N3CCCC3)c3ccccc3F)c2c1. The van der Waals surface area contributed by atoms with Crippen LogP contribution in [-0.2, 0) is 4.79 Å². The van der Waals surface area contributed by atoms with E-state index in [2.05, 4.69) is 4.98 Å². The van der Waals surface area contributed by atoms with Crippen molar-refractivity contribution in [1.82, 2.24) is 9.88 Å². The van der Waals surface area contributed by atoms with Crippen LogP contribution >= 0.6 is 0 Å². The number of benzene rings is 2. The van der Waals surface area contributed by atoms with Gasteiger partial charge in [0.15, 0.2) is 0 Å². The summed E-state index contributed by atoms with van der Waals surface area (Å²) >= 11 is 0. The molecule has 140 valence electrons. The number of amides is 1. The molecule has 5 heteroatoms. The van der Waals surface area contributed by atoms with Crippen molar-refractivity contribution in [3.05, 3.63) is 65.6 Å². The van der Waals surface area contributed by atoms with E-state index in [-0.39, 0.29) is 24.1 Å². The first-order valence-corrected chi connectivity index (χ1v) is 9.34. The number of hydrogen-bond donors (Lipinski definition) is 1. The Balaban J connectivity index is 1.78. The molecule has 4 rings (SSSR count). The lowest BCUT2D eigenvalue weighted by molar-refractivity contribution is -0.130. The van der Waals surface area contributed by atoms with Crippen molar-refractivity contribution in [2.75, 3.05) is 20.2 Å². The zero-order valence-corrected chi connectivity index (χ0v) is 15.4. The Morgan fingerprint density at radius 2 is 1.96 bits per heavy atom. The van der Waals surface area contributed by atoms with Gasteiger partial charge in [0.05, 0.1) is 7.11 Å². The third-order valence-electron chi connectivity index (χ3n) is 5.41. The normalized spacial score (nSPS) is 15.3. The Labute approximate surface area is 157 Å². The van der Waals surface area contributed by atoms with E-state index in [1.807, 2.05) is 35.4 Å². The highest BCUT2D eigenvalue weighted by Crippen LogP contribution is 2.36. The van der Waals surface area contributed by atoms with E-state index in [0.29, 0.717) is 5.56 Å². The molecule has 27 heavy (non-hydrogen) atoms. The van der Waals surface area contributed by atoms with Crippen LogP contribution in [0.3, 0.4) is 0 Å². The fourth-order valence-corrected chi connectivity index (χ4v) is 3.95. The molecule has 2 aromatic carbocycles. The number of H-pyrrole nitrogens is 1. The molecule has 3 aromatic rings. The van der Waals surface area contributed by atoms with Gasteiger partial charge in [-0.25, -0.2) is 4.39 Å². The van der Waals surface area contributed by atoms with Gasteiger partial charge in [0.1, 0.15) is 11.6 Å². The summed E-state index contributed by atoms with van der Waals surface area (Å²) in [5, 5.41) is 0.955. The molecule has 1 aromatic heterocycles. The third kappa shape index (κ3) is 3.42. The van der Waals surface area contributed by atoms with Gasteiger partial charge < -0.3 is 14.6 Å². The summed E-state index contributed by atoms with van der Waals surface area (Å²) in [5.41, 5.74) is 2.41. The summed E-state index contributed by atoms with van der Waals surface area (Å²) in [7, 11) is 1.62. The molecule has 1 aliphatic heterocycles. The lowest BCUT2D eigenvalue weighted by Crippen LogP contribution is -2.29. The van der Waals surface area contributed by atoms with Gasteiger partial charge in [0.25, 0.3) is 0 Å². The van der Waals surface area contributed by atoms with Crippen molar-refractivity contribution in [2.45, 2.75) is 25.2 Å². The predicted octanol–water partition coefficient (Wildman–Crippen LogP) is 4.46. The number of ether oxygens (including phenoxy) is 1. The van der Waals surface area contributed by atoms with Gasteiger partial charge in [0, 0.05) is 42.5 Å². The van der Waals surface area contributed by atoms with Gasteiger partial charge in [0.2, 0.25) is 5.91 Å². The number of nitrogens with one attached hydrogen (secondary N) is 1. The van der Waals surface area contributed by atoms with E-state index in [4.69, 9.17) is 4.74 Å². The van der Waals surface area contributed by atoms with E-state index in [1.54, 1.807) is 19.2 Å². The summed E-state index contributed by atoms with van der Waals surface area (Å²) in [6, 6.07) is 12.5.